The van der Waals surface area contributed by atoms with Gasteiger partial charge in [0, 0.05) is 36.3 Å². The molecule has 1 aromatic heterocycles. The number of nitrogens with zero attached hydrogens (tertiary/aromatic N) is 2. The molecule has 18 heavy (non-hydrogen) atoms. The van der Waals surface area contributed by atoms with Crippen molar-refractivity contribution in [2.24, 2.45) is 0 Å². The summed E-state index contributed by atoms with van der Waals surface area (Å²) in [6.07, 6.45) is 3.38. The third kappa shape index (κ3) is 2.07. The fourth-order valence-electron chi connectivity index (χ4n) is 1.77. The van der Waals surface area contributed by atoms with Gasteiger partial charge in [-0.25, -0.2) is 4.98 Å². The molecular formula is C13H15N3O2. The van der Waals surface area contributed by atoms with Crippen LogP contribution in [0.2, 0.25) is 0 Å². The second kappa shape index (κ2) is 4.91. The van der Waals surface area contributed by atoms with Gasteiger partial charge in [-0.1, -0.05) is 0 Å². The number of hydrogen-bond donors (Lipinski definition) is 1. The molecule has 5 nitrogen and oxygen atoms in total. The number of aromatic nitrogens is 2. The maximum Gasteiger partial charge on any atom is 0.230 e. The highest BCUT2D eigenvalue weighted by molar-refractivity contribution is 6.10. The molecule has 0 aliphatic rings. The highest BCUT2D eigenvalue weighted by Gasteiger charge is 2.17. The van der Waals surface area contributed by atoms with Crippen LogP contribution in [0.4, 0.5) is 5.69 Å². The van der Waals surface area contributed by atoms with Gasteiger partial charge in [0.25, 0.3) is 0 Å². The van der Waals surface area contributed by atoms with Crippen molar-refractivity contribution in [3.8, 4) is 5.75 Å². The molecule has 0 atom stereocenters. The van der Waals surface area contributed by atoms with Crippen molar-refractivity contribution >= 4 is 11.5 Å². The van der Waals surface area contributed by atoms with Gasteiger partial charge in [0.2, 0.25) is 5.78 Å². The predicted octanol–water partition coefficient (Wildman–Crippen LogP) is 1.72. The summed E-state index contributed by atoms with van der Waals surface area (Å²) in [4.78, 5) is 16.4. The van der Waals surface area contributed by atoms with Gasteiger partial charge < -0.3 is 15.0 Å². The van der Waals surface area contributed by atoms with E-state index in [-0.39, 0.29) is 5.78 Å². The quantitative estimate of drug-likeness (QED) is 0.657. The summed E-state index contributed by atoms with van der Waals surface area (Å²) >= 11 is 0. The highest BCUT2D eigenvalue weighted by Crippen LogP contribution is 2.21. The third-order valence-electron chi connectivity index (χ3n) is 2.76. The molecule has 0 aliphatic carbocycles. The molecule has 2 N–H and O–H groups in total. The summed E-state index contributed by atoms with van der Waals surface area (Å²) in [7, 11) is 1.56. The molecule has 2 rings (SSSR count). The molecule has 1 heterocycles. The summed E-state index contributed by atoms with van der Waals surface area (Å²) in [5, 5.41) is 0. The van der Waals surface area contributed by atoms with Crippen molar-refractivity contribution in [3.05, 3.63) is 42.0 Å². The van der Waals surface area contributed by atoms with Gasteiger partial charge >= 0.3 is 0 Å². The molecule has 0 radical (unpaired) electrons. The van der Waals surface area contributed by atoms with Gasteiger partial charge in [-0.15, -0.1) is 0 Å². The molecule has 0 aliphatic heterocycles. The minimum Gasteiger partial charge on any atom is -0.497 e. The Labute approximate surface area is 105 Å². The lowest BCUT2D eigenvalue weighted by molar-refractivity contribution is 0.102. The normalized spacial score (nSPS) is 10.3. The number of ether oxygens (including phenoxy) is 1. The monoisotopic (exact) mass is 245 g/mol. The number of carbonyl (C=O) groups excluding carboxylic acids is 1. The van der Waals surface area contributed by atoms with E-state index in [4.69, 9.17) is 10.5 Å². The average molecular weight is 245 g/mol. The average Bonchev–Trinajstić information content (AvgIpc) is 2.86. The van der Waals surface area contributed by atoms with Crippen molar-refractivity contribution in [1.29, 1.82) is 0 Å². The van der Waals surface area contributed by atoms with Crippen LogP contribution in [0.25, 0.3) is 0 Å². The first-order valence-corrected chi connectivity index (χ1v) is 5.66. The Balaban J connectivity index is 2.40. The Morgan fingerprint density at radius 3 is 2.89 bits per heavy atom. The molecule has 0 saturated heterocycles. The Morgan fingerprint density at radius 2 is 2.28 bits per heavy atom. The van der Waals surface area contributed by atoms with Crippen molar-refractivity contribution in [2.45, 2.75) is 13.5 Å². The Morgan fingerprint density at radius 1 is 1.50 bits per heavy atom. The van der Waals surface area contributed by atoms with Crippen LogP contribution in [0.5, 0.6) is 5.75 Å². The number of anilines is 1. The van der Waals surface area contributed by atoms with E-state index in [0.717, 1.165) is 0 Å². The molecular weight excluding hydrogens is 230 g/mol. The van der Waals surface area contributed by atoms with Crippen molar-refractivity contribution in [3.63, 3.8) is 0 Å². The van der Waals surface area contributed by atoms with Crippen LogP contribution in [-0.2, 0) is 6.54 Å². The van der Waals surface area contributed by atoms with Crippen molar-refractivity contribution in [2.75, 3.05) is 12.8 Å². The zero-order chi connectivity index (χ0) is 13.1. The molecule has 0 unspecified atom stereocenters. The van der Waals surface area contributed by atoms with Gasteiger partial charge in [-0.2, -0.15) is 0 Å². The molecule has 0 saturated carbocycles. The summed E-state index contributed by atoms with van der Waals surface area (Å²) in [6.45, 7) is 2.65. The van der Waals surface area contributed by atoms with Crippen LogP contribution < -0.4 is 10.5 Å². The molecule has 0 fully saturated rings. The summed E-state index contributed by atoms with van der Waals surface area (Å²) in [5.74, 6) is 0.847. The van der Waals surface area contributed by atoms with E-state index in [1.165, 1.54) is 0 Å². The van der Waals surface area contributed by atoms with Crippen LogP contribution >= 0.6 is 0 Å². The van der Waals surface area contributed by atoms with E-state index in [9.17, 15) is 4.79 Å². The summed E-state index contributed by atoms with van der Waals surface area (Å²) < 4.78 is 6.84. The molecule has 0 amide bonds. The van der Waals surface area contributed by atoms with Gasteiger partial charge in [-0.3, -0.25) is 4.79 Å². The molecule has 5 heteroatoms. The first-order valence-electron chi connectivity index (χ1n) is 5.66. The Hall–Kier alpha value is -2.30. The number of nitrogens with two attached hydrogens (primary N) is 1. The number of imidazole rings is 1. The summed E-state index contributed by atoms with van der Waals surface area (Å²) in [5.41, 5.74) is 6.69. The SMILES string of the molecule is CCn1ccnc1C(=O)c1ccc(OC)cc1N. The number of benzene rings is 1. The lowest BCUT2D eigenvalue weighted by Crippen LogP contribution is -2.12. The van der Waals surface area contributed by atoms with Gasteiger partial charge in [0.1, 0.15) is 5.75 Å². The Bertz CT molecular complexity index is 575. The fraction of sp³-hybridized carbons (Fsp3) is 0.231. The Kier molecular flexibility index (Phi) is 3.32. The van der Waals surface area contributed by atoms with E-state index in [2.05, 4.69) is 4.98 Å². The second-order valence-corrected chi connectivity index (χ2v) is 3.82. The zero-order valence-corrected chi connectivity index (χ0v) is 10.4. The number of aryl methyl sites for hydroxylation is 1. The van der Waals surface area contributed by atoms with Gasteiger partial charge in [0.05, 0.1) is 7.11 Å². The topological polar surface area (TPSA) is 70.1 Å². The second-order valence-electron chi connectivity index (χ2n) is 3.82. The maximum atomic E-state index is 12.3. The smallest absolute Gasteiger partial charge is 0.230 e. The lowest BCUT2D eigenvalue weighted by Gasteiger charge is -2.08. The number of nitrogen functional groups attached to an aromatic ring is 1. The first-order chi connectivity index (χ1) is 8.67. The van der Waals surface area contributed by atoms with Crippen LogP contribution in [0.3, 0.4) is 0 Å². The first kappa shape index (κ1) is 12.2. The van der Waals surface area contributed by atoms with E-state index >= 15 is 0 Å². The standard InChI is InChI=1S/C13H15N3O2/c1-3-16-7-6-15-13(16)12(17)10-5-4-9(18-2)8-11(10)14/h4-8H,3,14H2,1-2H3. The van der Waals surface area contributed by atoms with Crippen LogP contribution in [0, 0.1) is 0 Å². The molecule has 0 spiro atoms. The molecule has 1 aromatic carbocycles. The van der Waals surface area contributed by atoms with E-state index in [0.29, 0.717) is 29.4 Å². The molecule has 94 valence electrons. The summed E-state index contributed by atoms with van der Waals surface area (Å²) in [6, 6.07) is 5.00. The van der Waals surface area contributed by atoms with E-state index < -0.39 is 0 Å². The predicted molar refractivity (Wildman–Crippen MR) is 68.7 cm³/mol. The lowest BCUT2D eigenvalue weighted by atomic mass is 10.1. The number of carbonyl (C=O) groups is 1. The number of methoxy groups -OCH3 is 1. The number of hydrogen-bond acceptors (Lipinski definition) is 4. The van der Waals surface area contributed by atoms with E-state index in [1.807, 2.05) is 6.92 Å². The third-order valence-corrected chi connectivity index (χ3v) is 2.76. The van der Waals surface area contributed by atoms with Crippen molar-refractivity contribution in [1.82, 2.24) is 9.55 Å². The van der Waals surface area contributed by atoms with Crippen LogP contribution in [-0.4, -0.2) is 22.4 Å². The highest BCUT2D eigenvalue weighted by atomic mass is 16.5. The minimum atomic E-state index is -0.179. The maximum absolute atomic E-state index is 12.3. The van der Waals surface area contributed by atoms with E-state index in [1.54, 1.807) is 42.3 Å². The minimum absolute atomic E-state index is 0.179. The number of rotatable bonds is 4. The molecule has 0 bridgehead atoms. The number of ketones is 1. The van der Waals surface area contributed by atoms with Crippen LogP contribution in [0.15, 0.2) is 30.6 Å². The molecule has 2 aromatic rings. The fourth-order valence-corrected chi connectivity index (χ4v) is 1.77. The van der Waals surface area contributed by atoms with Crippen molar-refractivity contribution < 1.29 is 9.53 Å². The zero-order valence-electron chi connectivity index (χ0n) is 10.4. The largest absolute Gasteiger partial charge is 0.497 e. The van der Waals surface area contributed by atoms with Crippen LogP contribution in [0.1, 0.15) is 23.1 Å². The van der Waals surface area contributed by atoms with Gasteiger partial charge in [0.15, 0.2) is 5.82 Å². The van der Waals surface area contributed by atoms with Gasteiger partial charge in [-0.05, 0) is 19.1 Å².